The Morgan fingerprint density at radius 1 is 1.29 bits per heavy atom. The summed E-state index contributed by atoms with van der Waals surface area (Å²) in [7, 11) is 1.71. The molecule has 2 aliphatic heterocycles. The molecule has 0 aliphatic carbocycles. The van der Waals surface area contributed by atoms with Crippen LogP contribution in [0.5, 0.6) is 0 Å². The molecular weight excluding hydrogens is 306 g/mol. The molecule has 2 saturated heterocycles. The van der Waals surface area contributed by atoms with Crippen LogP contribution in [-0.4, -0.2) is 58.1 Å². The zero-order chi connectivity index (χ0) is 16.6. The van der Waals surface area contributed by atoms with Crippen molar-refractivity contribution in [3.05, 3.63) is 12.7 Å². The van der Waals surface area contributed by atoms with E-state index >= 15 is 0 Å². The van der Waals surface area contributed by atoms with Crippen molar-refractivity contribution in [2.45, 2.75) is 31.2 Å². The van der Waals surface area contributed by atoms with Gasteiger partial charge in [0.15, 0.2) is 11.5 Å². The van der Waals surface area contributed by atoms with Gasteiger partial charge in [0.1, 0.15) is 11.8 Å². The lowest BCUT2D eigenvalue weighted by molar-refractivity contribution is -0.125. The number of aromatic amines is 1. The fourth-order valence-electron chi connectivity index (χ4n) is 3.97. The molecule has 2 aromatic heterocycles. The van der Waals surface area contributed by atoms with E-state index in [4.69, 9.17) is 0 Å². The Labute approximate surface area is 140 Å². The lowest BCUT2D eigenvalue weighted by Gasteiger charge is -2.46. The summed E-state index contributed by atoms with van der Waals surface area (Å²) in [6.07, 6.45) is 7.39. The summed E-state index contributed by atoms with van der Waals surface area (Å²) in [6, 6.07) is 0. The van der Waals surface area contributed by atoms with E-state index in [0.717, 1.165) is 56.7 Å². The second kappa shape index (κ2) is 6.01. The fraction of sp³-hybridized carbons (Fsp3) is 0.625. The SMILES string of the molecule is CNC(=O)C1CCC2(CCN(c3ncnc4nc[nH]c34)CC2)NC1. The molecule has 4 rings (SSSR count). The van der Waals surface area contributed by atoms with Gasteiger partial charge in [0.2, 0.25) is 5.91 Å². The zero-order valence-electron chi connectivity index (χ0n) is 13.9. The van der Waals surface area contributed by atoms with Gasteiger partial charge in [-0.2, -0.15) is 0 Å². The summed E-state index contributed by atoms with van der Waals surface area (Å²) >= 11 is 0. The highest BCUT2D eigenvalue weighted by Gasteiger charge is 2.39. The van der Waals surface area contributed by atoms with Crippen LogP contribution < -0.4 is 15.5 Å². The third-order valence-electron chi connectivity index (χ3n) is 5.54. The first-order valence-electron chi connectivity index (χ1n) is 8.56. The number of hydrogen-bond donors (Lipinski definition) is 3. The third-order valence-corrected chi connectivity index (χ3v) is 5.54. The summed E-state index contributed by atoms with van der Waals surface area (Å²) < 4.78 is 0. The highest BCUT2D eigenvalue weighted by Crippen LogP contribution is 2.34. The summed E-state index contributed by atoms with van der Waals surface area (Å²) in [5, 5.41) is 6.42. The highest BCUT2D eigenvalue weighted by molar-refractivity contribution is 5.82. The Hall–Kier alpha value is -2.22. The summed E-state index contributed by atoms with van der Waals surface area (Å²) in [5.41, 5.74) is 1.79. The number of carbonyl (C=O) groups excluding carboxylic acids is 1. The van der Waals surface area contributed by atoms with Gasteiger partial charge < -0.3 is 20.5 Å². The molecule has 1 atom stereocenters. The van der Waals surface area contributed by atoms with E-state index in [1.807, 2.05) is 0 Å². The van der Waals surface area contributed by atoms with Gasteiger partial charge in [-0.1, -0.05) is 0 Å². The average Bonchev–Trinajstić information content (AvgIpc) is 3.11. The number of imidazole rings is 1. The molecule has 24 heavy (non-hydrogen) atoms. The highest BCUT2D eigenvalue weighted by atomic mass is 16.1. The number of hydrogen-bond acceptors (Lipinski definition) is 6. The zero-order valence-corrected chi connectivity index (χ0v) is 13.9. The number of rotatable bonds is 2. The number of anilines is 1. The van der Waals surface area contributed by atoms with Crippen molar-refractivity contribution >= 4 is 22.9 Å². The van der Waals surface area contributed by atoms with Gasteiger partial charge in [-0.05, 0) is 25.7 Å². The monoisotopic (exact) mass is 329 g/mol. The fourth-order valence-corrected chi connectivity index (χ4v) is 3.97. The lowest BCUT2D eigenvalue weighted by atomic mass is 9.77. The number of nitrogens with one attached hydrogen (secondary N) is 3. The van der Waals surface area contributed by atoms with E-state index in [1.54, 1.807) is 19.7 Å². The quantitative estimate of drug-likeness (QED) is 0.739. The Bertz CT molecular complexity index is 725. The van der Waals surface area contributed by atoms with E-state index in [0.29, 0.717) is 5.65 Å². The first-order valence-corrected chi connectivity index (χ1v) is 8.56. The molecule has 3 N–H and O–H groups in total. The number of aromatic nitrogens is 4. The van der Waals surface area contributed by atoms with E-state index < -0.39 is 0 Å². The molecule has 2 fully saturated rings. The standard InChI is InChI=1S/C16H23N7O/c1-17-15(24)11-2-3-16(22-8-11)4-6-23(7-5-16)14-12-13(19-9-18-12)20-10-21-14/h9-11,22H,2-8H2,1H3,(H,17,24)(H,18,19,20,21). The lowest BCUT2D eigenvalue weighted by Crippen LogP contribution is -2.58. The number of carbonyl (C=O) groups is 1. The van der Waals surface area contributed by atoms with Crippen molar-refractivity contribution in [1.82, 2.24) is 30.6 Å². The van der Waals surface area contributed by atoms with Gasteiger partial charge in [-0.3, -0.25) is 4.79 Å². The molecule has 1 amide bonds. The summed E-state index contributed by atoms with van der Waals surface area (Å²) in [4.78, 5) is 30.1. The van der Waals surface area contributed by atoms with Crippen LogP contribution in [-0.2, 0) is 4.79 Å². The maximum atomic E-state index is 11.8. The van der Waals surface area contributed by atoms with Crippen LogP contribution in [0.4, 0.5) is 5.82 Å². The molecule has 0 aromatic carbocycles. The second-order valence-electron chi connectivity index (χ2n) is 6.80. The van der Waals surface area contributed by atoms with Crippen molar-refractivity contribution in [1.29, 1.82) is 0 Å². The molecular formula is C16H23N7O. The maximum Gasteiger partial charge on any atom is 0.224 e. The number of amides is 1. The van der Waals surface area contributed by atoms with Gasteiger partial charge in [0.05, 0.1) is 12.2 Å². The van der Waals surface area contributed by atoms with Crippen LogP contribution in [0.1, 0.15) is 25.7 Å². The molecule has 128 valence electrons. The number of fused-ring (bicyclic) bond motifs is 1. The molecule has 1 unspecified atom stereocenters. The van der Waals surface area contributed by atoms with Crippen LogP contribution in [0.15, 0.2) is 12.7 Å². The van der Waals surface area contributed by atoms with E-state index in [-0.39, 0.29) is 17.4 Å². The average molecular weight is 329 g/mol. The Morgan fingerprint density at radius 3 is 2.83 bits per heavy atom. The maximum absolute atomic E-state index is 11.8. The van der Waals surface area contributed by atoms with Crippen molar-refractivity contribution in [2.24, 2.45) is 5.92 Å². The molecule has 0 radical (unpaired) electrons. The largest absolute Gasteiger partial charge is 0.359 e. The van der Waals surface area contributed by atoms with Crippen molar-refractivity contribution < 1.29 is 4.79 Å². The number of H-pyrrole nitrogens is 1. The van der Waals surface area contributed by atoms with Gasteiger partial charge in [0, 0.05) is 32.2 Å². The smallest absolute Gasteiger partial charge is 0.224 e. The number of piperidine rings is 2. The summed E-state index contributed by atoms with van der Waals surface area (Å²) in [6.45, 7) is 2.67. The van der Waals surface area contributed by atoms with Crippen LogP contribution in [0, 0.1) is 5.92 Å². The first kappa shape index (κ1) is 15.3. The second-order valence-corrected chi connectivity index (χ2v) is 6.80. The minimum Gasteiger partial charge on any atom is -0.359 e. The van der Waals surface area contributed by atoms with Crippen LogP contribution in [0.2, 0.25) is 0 Å². The van der Waals surface area contributed by atoms with E-state index in [2.05, 4.69) is 35.5 Å². The molecule has 2 aromatic rings. The predicted molar refractivity (Wildman–Crippen MR) is 90.7 cm³/mol. The molecule has 8 nitrogen and oxygen atoms in total. The van der Waals surface area contributed by atoms with Crippen molar-refractivity contribution in [3.63, 3.8) is 0 Å². The van der Waals surface area contributed by atoms with Crippen LogP contribution >= 0.6 is 0 Å². The molecule has 0 bridgehead atoms. The molecule has 4 heterocycles. The molecule has 8 heteroatoms. The van der Waals surface area contributed by atoms with Gasteiger partial charge in [-0.25, -0.2) is 15.0 Å². The van der Waals surface area contributed by atoms with Crippen LogP contribution in [0.3, 0.4) is 0 Å². The molecule has 2 aliphatic rings. The summed E-state index contributed by atoms with van der Waals surface area (Å²) in [5.74, 6) is 1.19. The van der Waals surface area contributed by atoms with Gasteiger partial charge in [0.25, 0.3) is 0 Å². The van der Waals surface area contributed by atoms with Crippen molar-refractivity contribution in [3.8, 4) is 0 Å². The normalized spacial score (nSPS) is 23.5. The van der Waals surface area contributed by atoms with Crippen LogP contribution in [0.25, 0.3) is 11.2 Å². The van der Waals surface area contributed by atoms with Gasteiger partial charge in [-0.15, -0.1) is 0 Å². The third kappa shape index (κ3) is 2.60. The van der Waals surface area contributed by atoms with E-state index in [9.17, 15) is 4.79 Å². The molecule has 1 spiro atoms. The Morgan fingerprint density at radius 2 is 2.12 bits per heavy atom. The Balaban J connectivity index is 1.42. The molecule has 0 saturated carbocycles. The van der Waals surface area contributed by atoms with Crippen molar-refractivity contribution in [2.75, 3.05) is 31.6 Å². The Kier molecular flexibility index (Phi) is 3.84. The van der Waals surface area contributed by atoms with Gasteiger partial charge >= 0.3 is 0 Å². The van der Waals surface area contributed by atoms with E-state index in [1.165, 1.54) is 0 Å². The minimum absolute atomic E-state index is 0.102. The first-order chi connectivity index (χ1) is 11.7. The predicted octanol–water partition coefficient (Wildman–Crippen LogP) is 0.437. The topological polar surface area (TPSA) is 98.8 Å². The minimum atomic E-state index is 0.102. The number of nitrogens with zero attached hydrogens (tertiary/aromatic N) is 4.